The van der Waals surface area contributed by atoms with E-state index < -0.39 is 0 Å². The van der Waals surface area contributed by atoms with Crippen LogP contribution in [0.3, 0.4) is 0 Å². The van der Waals surface area contributed by atoms with Crippen molar-refractivity contribution in [3.05, 3.63) is 60.2 Å². The van der Waals surface area contributed by atoms with Crippen molar-refractivity contribution in [1.82, 2.24) is 10.2 Å². The predicted molar refractivity (Wildman–Crippen MR) is 135 cm³/mol. The van der Waals surface area contributed by atoms with E-state index in [1.807, 2.05) is 31.2 Å². The van der Waals surface area contributed by atoms with E-state index in [2.05, 4.69) is 40.5 Å². The summed E-state index contributed by atoms with van der Waals surface area (Å²) in [6.45, 7) is 6.42. The number of ether oxygens (including phenoxy) is 1. The van der Waals surface area contributed by atoms with Crippen LogP contribution in [-0.4, -0.2) is 55.5 Å². The van der Waals surface area contributed by atoms with Gasteiger partial charge >= 0.3 is 0 Å². The summed E-state index contributed by atoms with van der Waals surface area (Å²) in [7, 11) is 0. The number of likely N-dealkylation sites (tertiary alicyclic amines) is 1. The molecular formula is C28H37N3O3. The highest BCUT2D eigenvalue weighted by Crippen LogP contribution is 2.33. The molecule has 6 nitrogen and oxygen atoms in total. The van der Waals surface area contributed by atoms with Crippen molar-refractivity contribution < 1.29 is 14.3 Å². The van der Waals surface area contributed by atoms with Gasteiger partial charge in [0.2, 0.25) is 11.8 Å². The zero-order valence-corrected chi connectivity index (χ0v) is 20.2. The van der Waals surface area contributed by atoms with Gasteiger partial charge < -0.3 is 19.9 Å². The van der Waals surface area contributed by atoms with Gasteiger partial charge in [0.05, 0.1) is 12.2 Å². The number of fused-ring (bicyclic) bond motifs is 1. The third kappa shape index (κ3) is 6.83. The quantitative estimate of drug-likeness (QED) is 0.570. The number of hydrogen-bond acceptors (Lipinski definition) is 4. The Morgan fingerprint density at radius 1 is 1.00 bits per heavy atom. The van der Waals surface area contributed by atoms with Crippen LogP contribution in [0, 0.1) is 5.92 Å². The molecule has 2 aromatic rings. The van der Waals surface area contributed by atoms with E-state index >= 15 is 0 Å². The average Bonchev–Trinajstić information content (AvgIpc) is 2.86. The lowest BCUT2D eigenvalue weighted by molar-refractivity contribution is -0.125. The van der Waals surface area contributed by atoms with Crippen LogP contribution in [0.1, 0.15) is 44.6 Å². The highest BCUT2D eigenvalue weighted by molar-refractivity contribution is 5.97. The molecule has 4 rings (SSSR count). The lowest BCUT2D eigenvalue weighted by Gasteiger charge is -2.33. The first-order valence-corrected chi connectivity index (χ1v) is 12.7. The van der Waals surface area contributed by atoms with Gasteiger partial charge in [-0.15, -0.1) is 0 Å². The van der Waals surface area contributed by atoms with E-state index in [0.717, 1.165) is 43.4 Å². The van der Waals surface area contributed by atoms with Gasteiger partial charge in [0.1, 0.15) is 11.9 Å². The number of amides is 2. The Balaban J connectivity index is 1.09. The summed E-state index contributed by atoms with van der Waals surface area (Å²) in [5.41, 5.74) is 2.23. The van der Waals surface area contributed by atoms with Crippen molar-refractivity contribution >= 4 is 17.5 Å². The minimum atomic E-state index is -0.0592. The first-order valence-electron chi connectivity index (χ1n) is 12.7. The van der Waals surface area contributed by atoms with E-state index in [1.165, 1.54) is 24.8 Å². The molecule has 0 aromatic heterocycles. The highest BCUT2D eigenvalue weighted by atomic mass is 16.5. The summed E-state index contributed by atoms with van der Waals surface area (Å²) in [4.78, 5) is 29.3. The number of piperidine rings is 1. The van der Waals surface area contributed by atoms with Crippen molar-refractivity contribution in [2.75, 3.05) is 37.6 Å². The predicted octanol–water partition coefficient (Wildman–Crippen LogP) is 4.04. The molecule has 6 heteroatoms. The molecule has 0 aliphatic carbocycles. The fraction of sp³-hybridized carbons (Fsp3) is 0.500. The third-order valence-electron chi connectivity index (χ3n) is 6.84. The first kappa shape index (κ1) is 24.3. The number of nitrogens with one attached hydrogen (secondary N) is 1. The molecule has 2 aliphatic rings. The monoisotopic (exact) mass is 463 g/mol. The van der Waals surface area contributed by atoms with Crippen LogP contribution in [0.15, 0.2) is 54.6 Å². The van der Waals surface area contributed by atoms with Gasteiger partial charge in [0.15, 0.2) is 0 Å². The zero-order chi connectivity index (χ0) is 23.8. The Hall–Kier alpha value is -2.86. The van der Waals surface area contributed by atoms with E-state index in [9.17, 15) is 9.59 Å². The normalized spacial score (nSPS) is 18.7. The Labute approximate surface area is 203 Å². The fourth-order valence-electron chi connectivity index (χ4n) is 4.96. The average molecular weight is 464 g/mol. The molecule has 2 heterocycles. The minimum Gasteiger partial charge on any atom is -0.487 e. The smallest absolute Gasteiger partial charge is 0.227 e. The number of para-hydroxylation sites is 2. The summed E-state index contributed by atoms with van der Waals surface area (Å²) >= 11 is 0. The summed E-state index contributed by atoms with van der Waals surface area (Å²) in [6.07, 6.45) is 4.98. The molecule has 2 aromatic carbocycles. The van der Waals surface area contributed by atoms with E-state index in [4.69, 9.17) is 4.74 Å². The number of hydrogen-bond donors (Lipinski definition) is 1. The molecule has 1 saturated heterocycles. The summed E-state index contributed by atoms with van der Waals surface area (Å²) in [6, 6.07) is 18.3. The number of carbonyl (C=O) groups is 2. The second-order valence-corrected chi connectivity index (χ2v) is 9.58. The number of anilines is 1. The van der Waals surface area contributed by atoms with E-state index in [1.54, 1.807) is 4.90 Å². The van der Waals surface area contributed by atoms with Crippen LogP contribution >= 0.6 is 0 Å². The van der Waals surface area contributed by atoms with Gasteiger partial charge in [0.25, 0.3) is 0 Å². The van der Waals surface area contributed by atoms with Crippen LogP contribution in [0.2, 0.25) is 0 Å². The molecular weight excluding hydrogens is 426 g/mol. The van der Waals surface area contributed by atoms with Gasteiger partial charge in [-0.2, -0.15) is 0 Å². The summed E-state index contributed by atoms with van der Waals surface area (Å²) < 4.78 is 5.81. The van der Waals surface area contributed by atoms with Crippen LogP contribution < -0.4 is 15.0 Å². The number of nitrogens with zero attached hydrogens (tertiary/aromatic N) is 2. The molecule has 1 atom stereocenters. The molecule has 0 radical (unpaired) electrons. The first-order chi connectivity index (χ1) is 16.6. The van der Waals surface area contributed by atoms with Crippen molar-refractivity contribution in [3.8, 4) is 5.75 Å². The SMILES string of the molecule is CC1CN(C(=O)CCC(=O)NCCCN2CCC(Cc3ccccc3)CC2)c2ccccc2O1. The molecule has 2 amide bonds. The molecule has 0 bridgehead atoms. The van der Waals surface area contributed by atoms with Gasteiger partial charge in [0, 0.05) is 19.4 Å². The second-order valence-electron chi connectivity index (χ2n) is 9.58. The molecule has 182 valence electrons. The Morgan fingerprint density at radius 2 is 1.74 bits per heavy atom. The van der Waals surface area contributed by atoms with Crippen molar-refractivity contribution in [2.24, 2.45) is 5.92 Å². The molecule has 34 heavy (non-hydrogen) atoms. The van der Waals surface area contributed by atoms with Gasteiger partial charge in [-0.3, -0.25) is 9.59 Å². The van der Waals surface area contributed by atoms with Crippen molar-refractivity contribution in [1.29, 1.82) is 0 Å². The topological polar surface area (TPSA) is 61.9 Å². The van der Waals surface area contributed by atoms with Gasteiger partial charge in [-0.25, -0.2) is 0 Å². The maximum atomic E-state index is 12.8. The Kier molecular flexibility index (Phi) is 8.58. The van der Waals surface area contributed by atoms with Crippen molar-refractivity contribution in [3.63, 3.8) is 0 Å². The number of rotatable bonds is 9. The zero-order valence-electron chi connectivity index (χ0n) is 20.2. The lowest BCUT2D eigenvalue weighted by atomic mass is 9.90. The molecule has 0 saturated carbocycles. The highest BCUT2D eigenvalue weighted by Gasteiger charge is 2.27. The molecule has 0 spiro atoms. The summed E-state index contributed by atoms with van der Waals surface area (Å²) in [5.74, 6) is 1.42. The van der Waals surface area contributed by atoms with E-state index in [-0.39, 0.29) is 30.8 Å². The minimum absolute atomic E-state index is 0.0314. The Bertz CT molecular complexity index is 941. The standard InChI is InChI=1S/C28H37N3O3/c1-22-21-31(25-10-5-6-11-26(25)34-22)28(33)13-12-27(32)29-16-7-17-30-18-14-24(15-19-30)20-23-8-3-2-4-9-23/h2-6,8-11,22,24H,7,12-21H2,1H3,(H,29,32). The lowest BCUT2D eigenvalue weighted by Crippen LogP contribution is -2.42. The number of benzene rings is 2. The molecule has 1 unspecified atom stereocenters. The van der Waals surface area contributed by atoms with Gasteiger partial charge in [-0.05, 0) is 75.9 Å². The molecule has 1 N–H and O–H groups in total. The number of carbonyl (C=O) groups excluding carboxylic acids is 2. The largest absolute Gasteiger partial charge is 0.487 e. The Morgan fingerprint density at radius 3 is 2.53 bits per heavy atom. The maximum absolute atomic E-state index is 12.8. The fourth-order valence-corrected chi connectivity index (χ4v) is 4.96. The van der Waals surface area contributed by atoms with Crippen LogP contribution in [0.4, 0.5) is 5.69 Å². The van der Waals surface area contributed by atoms with Gasteiger partial charge in [-0.1, -0.05) is 42.5 Å². The second kappa shape index (κ2) is 12.0. The van der Waals surface area contributed by atoms with Crippen LogP contribution in [0.25, 0.3) is 0 Å². The maximum Gasteiger partial charge on any atom is 0.227 e. The van der Waals surface area contributed by atoms with Crippen molar-refractivity contribution in [2.45, 2.75) is 51.6 Å². The molecule has 1 fully saturated rings. The van der Waals surface area contributed by atoms with E-state index in [0.29, 0.717) is 13.1 Å². The van der Waals surface area contributed by atoms with Crippen LogP contribution in [-0.2, 0) is 16.0 Å². The van der Waals surface area contributed by atoms with Crippen LogP contribution in [0.5, 0.6) is 5.75 Å². The third-order valence-corrected chi connectivity index (χ3v) is 6.84. The molecule has 2 aliphatic heterocycles. The summed E-state index contributed by atoms with van der Waals surface area (Å²) in [5, 5.41) is 2.99.